The van der Waals surface area contributed by atoms with Gasteiger partial charge in [0.05, 0.1) is 33.6 Å². The SMILES string of the molecule is Cc1cc(NC(=O)c2ccc3nc(C)c(C)nc3c2)c2ncccc2c1. The first-order chi connectivity index (χ1) is 12.5. The van der Waals surface area contributed by atoms with Gasteiger partial charge in [-0.1, -0.05) is 6.07 Å². The Morgan fingerprint density at radius 1 is 0.923 bits per heavy atom. The maximum atomic E-state index is 12.8. The standard InChI is InChI=1S/C21H18N4O/c1-12-9-15-5-4-8-22-20(15)19(10-12)25-21(26)16-6-7-17-18(11-16)24-14(3)13(2)23-17/h4-11H,1-3H3,(H,25,26). The Kier molecular flexibility index (Phi) is 3.84. The lowest BCUT2D eigenvalue weighted by atomic mass is 10.1. The predicted molar refractivity (Wildman–Crippen MR) is 103 cm³/mol. The van der Waals surface area contributed by atoms with Gasteiger partial charge in [-0.3, -0.25) is 9.78 Å². The summed E-state index contributed by atoms with van der Waals surface area (Å²) in [5.74, 6) is -0.190. The number of amides is 1. The minimum absolute atomic E-state index is 0.190. The van der Waals surface area contributed by atoms with E-state index in [9.17, 15) is 4.79 Å². The Balaban J connectivity index is 1.73. The topological polar surface area (TPSA) is 67.8 Å². The Hall–Kier alpha value is -3.34. The molecule has 0 radical (unpaired) electrons. The van der Waals surface area contributed by atoms with Crippen LogP contribution in [0, 0.1) is 20.8 Å². The van der Waals surface area contributed by atoms with Crippen LogP contribution in [0.15, 0.2) is 48.7 Å². The van der Waals surface area contributed by atoms with Crippen LogP contribution in [0.5, 0.6) is 0 Å². The van der Waals surface area contributed by atoms with Crippen molar-refractivity contribution < 1.29 is 4.79 Å². The molecule has 128 valence electrons. The molecule has 0 aliphatic carbocycles. The van der Waals surface area contributed by atoms with E-state index in [1.807, 2.05) is 45.0 Å². The number of pyridine rings is 1. The quantitative estimate of drug-likeness (QED) is 0.588. The highest BCUT2D eigenvalue weighted by molar-refractivity contribution is 6.09. The second-order valence-corrected chi connectivity index (χ2v) is 6.44. The number of carbonyl (C=O) groups excluding carboxylic acids is 1. The minimum Gasteiger partial charge on any atom is -0.320 e. The number of fused-ring (bicyclic) bond motifs is 2. The molecule has 5 heteroatoms. The van der Waals surface area contributed by atoms with Crippen LogP contribution in [0.2, 0.25) is 0 Å². The smallest absolute Gasteiger partial charge is 0.255 e. The number of benzene rings is 2. The normalized spacial score (nSPS) is 11.0. The van der Waals surface area contributed by atoms with E-state index in [1.165, 1.54) is 0 Å². The molecule has 4 rings (SSSR count). The third-order valence-electron chi connectivity index (χ3n) is 4.43. The van der Waals surface area contributed by atoms with Crippen LogP contribution in [0.4, 0.5) is 5.69 Å². The Morgan fingerprint density at radius 2 is 1.69 bits per heavy atom. The van der Waals surface area contributed by atoms with Crippen LogP contribution < -0.4 is 5.32 Å². The van der Waals surface area contributed by atoms with E-state index in [2.05, 4.69) is 26.3 Å². The lowest BCUT2D eigenvalue weighted by Crippen LogP contribution is -2.13. The average Bonchev–Trinajstić information content (AvgIpc) is 2.62. The van der Waals surface area contributed by atoms with Gasteiger partial charge in [0.1, 0.15) is 0 Å². The number of hydrogen-bond donors (Lipinski definition) is 1. The van der Waals surface area contributed by atoms with E-state index in [4.69, 9.17) is 0 Å². The lowest BCUT2D eigenvalue weighted by molar-refractivity contribution is 0.102. The van der Waals surface area contributed by atoms with Crippen LogP contribution in [-0.4, -0.2) is 20.9 Å². The number of aromatic nitrogens is 3. The van der Waals surface area contributed by atoms with Gasteiger partial charge in [-0.2, -0.15) is 0 Å². The van der Waals surface area contributed by atoms with Gasteiger partial charge in [0, 0.05) is 17.1 Å². The average molecular weight is 342 g/mol. The fourth-order valence-electron chi connectivity index (χ4n) is 3.00. The minimum atomic E-state index is -0.190. The molecule has 1 amide bonds. The highest BCUT2D eigenvalue weighted by Gasteiger charge is 2.12. The molecule has 26 heavy (non-hydrogen) atoms. The Bertz CT molecular complexity index is 1170. The van der Waals surface area contributed by atoms with Gasteiger partial charge in [-0.05, 0) is 62.7 Å². The zero-order valence-electron chi connectivity index (χ0n) is 14.9. The number of aryl methyl sites for hydroxylation is 3. The third kappa shape index (κ3) is 2.88. The monoisotopic (exact) mass is 342 g/mol. The summed E-state index contributed by atoms with van der Waals surface area (Å²) in [6.07, 6.45) is 1.73. The van der Waals surface area contributed by atoms with Crippen LogP contribution in [0.1, 0.15) is 27.3 Å². The molecule has 0 aliphatic heterocycles. The van der Waals surface area contributed by atoms with Crippen LogP contribution in [0.3, 0.4) is 0 Å². The fraction of sp³-hybridized carbons (Fsp3) is 0.143. The van der Waals surface area contributed by atoms with Crippen LogP contribution in [0.25, 0.3) is 21.9 Å². The van der Waals surface area contributed by atoms with E-state index < -0.39 is 0 Å². The van der Waals surface area contributed by atoms with Gasteiger partial charge in [0.15, 0.2) is 0 Å². The van der Waals surface area contributed by atoms with Crippen molar-refractivity contribution in [3.8, 4) is 0 Å². The molecule has 0 saturated carbocycles. The molecule has 0 fully saturated rings. The van der Waals surface area contributed by atoms with Crippen molar-refractivity contribution in [2.24, 2.45) is 0 Å². The number of rotatable bonds is 2. The summed E-state index contributed by atoms with van der Waals surface area (Å²) in [7, 11) is 0. The summed E-state index contributed by atoms with van der Waals surface area (Å²) in [4.78, 5) is 26.2. The molecule has 2 heterocycles. The second-order valence-electron chi connectivity index (χ2n) is 6.44. The Morgan fingerprint density at radius 3 is 2.50 bits per heavy atom. The molecule has 0 atom stereocenters. The molecule has 0 unspecified atom stereocenters. The maximum Gasteiger partial charge on any atom is 0.255 e. The maximum absolute atomic E-state index is 12.8. The molecule has 0 spiro atoms. The van der Waals surface area contributed by atoms with Crippen molar-refractivity contribution in [3.63, 3.8) is 0 Å². The second kappa shape index (κ2) is 6.19. The summed E-state index contributed by atoms with van der Waals surface area (Å²) in [6.45, 7) is 5.84. The van der Waals surface area contributed by atoms with Crippen molar-refractivity contribution in [3.05, 3.63) is 71.2 Å². The van der Waals surface area contributed by atoms with Gasteiger partial charge in [0.2, 0.25) is 0 Å². The van der Waals surface area contributed by atoms with E-state index in [0.29, 0.717) is 16.8 Å². The van der Waals surface area contributed by atoms with Gasteiger partial charge in [-0.15, -0.1) is 0 Å². The number of hydrogen-bond acceptors (Lipinski definition) is 4. The van der Waals surface area contributed by atoms with Gasteiger partial charge < -0.3 is 5.32 Å². The van der Waals surface area contributed by atoms with Gasteiger partial charge >= 0.3 is 0 Å². The largest absolute Gasteiger partial charge is 0.320 e. The van der Waals surface area contributed by atoms with Crippen molar-refractivity contribution in [1.29, 1.82) is 0 Å². The van der Waals surface area contributed by atoms with Crippen LogP contribution >= 0.6 is 0 Å². The van der Waals surface area contributed by atoms with Gasteiger partial charge in [0.25, 0.3) is 5.91 Å². The van der Waals surface area contributed by atoms with Gasteiger partial charge in [-0.25, -0.2) is 9.97 Å². The number of nitrogens with zero attached hydrogens (tertiary/aromatic N) is 3. The van der Waals surface area contributed by atoms with E-state index in [1.54, 1.807) is 18.3 Å². The number of nitrogens with one attached hydrogen (secondary N) is 1. The zero-order valence-corrected chi connectivity index (χ0v) is 14.9. The van der Waals surface area contributed by atoms with Crippen molar-refractivity contribution in [2.75, 3.05) is 5.32 Å². The molecule has 0 bridgehead atoms. The molecule has 0 saturated heterocycles. The molecule has 2 aromatic carbocycles. The summed E-state index contributed by atoms with van der Waals surface area (Å²) >= 11 is 0. The molecular formula is C21H18N4O. The first-order valence-corrected chi connectivity index (χ1v) is 8.43. The molecule has 4 aromatic rings. The molecular weight excluding hydrogens is 324 g/mol. The van der Waals surface area contributed by atoms with Crippen LogP contribution in [-0.2, 0) is 0 Å². The van der Waals surface area contributed by atoms with Crippen molar-refractivity contribution >= 4 is 33.5 Å². The summed E-state index contributed by atoms with van der Waals surface area (Å²) in [5, 5.41) is 3.98. The highest BCUT2D eigenvalue weighted by Crippen LogP contribution is 2.24. The van der Waals surface area contributed by atoms with Crippen molar-refractivity contribution in [2.45, 2.75) is 20.8 Å². The zero-order chi connectivity index (χ0) is 18.3. The van der Waals surface area contributed by atoms with E-state index >= 15 is 0 Å². The molecule has 5 nitrogen and oxygen atoms in total. The number of carbonyl (C=O) groups is 1. The summed E-state index contributed by atoms with van der Waals surface area (Å²) in [6, 6.07) is 13.2. The highest BCUT2D eigenvalue weighted by atomic mass is 16.1. The third-order valence-corrected chi connectivity index (χ3v) is 4.43. The number of anilines is 1. The predicted octanol–water partition coefficient (Wildman–Crippen LogP) is 4.36. The first-order valence-electron chi connectivity index (χ1n) is 8.43. The van der Waals surface area contributed by atoms with E-state index in [0.717, 1.165) is 33.4 Å². The fourth-order valence-corrected chi connectivity index (χ4v) is 3.00. The molecule has 1 N–H and O–H groups in total. The molecule has 0 aliphatic rings. The summed E-state index contributed by atoms with van der Waals surface area (Å²) in [5.41, 5.74) is 6.35. The first kappa shape index (κ1) is 16.1. The molecule has 2 aromatic heterocycles. The lowest BCUT2D eigenvalue weighted by Gasteiger charge is -2.10. The Labute approximate surface area is 151 Å². The van der Waals surface area contributed by atoms with Crippen molar-refractivity contribution in [1.82, 2.24) is 15.0 Å². The summed E-state index contributed by atoms with van der Waals surface area (Å²) < 4.78 is 0. The van der Waals surface area contributed by atoms with E-state index in [-0.39, 0.29) is 5.91 Å².